The summed E-state index contributed by atoms with van der Waals surface area (Å²) in [6, 6.07) is 4.59. The van der Waals surface area contributed by atoms with Gasteiger partial charge in [-0.3, -0.25) is 0 Å². The summed E-state index contributed by atoms with van der Waals surface area (Å²) in [5, 5.41) is 0. The molecule has 0 unspecified atom stereocenters. The Balaban J connectivity index is 0.00000128. The van der Waals surface area contributed by atoms with Crippen LogP contribution in [0.2, 0.25) is 0 Å². The Hall–Kier alpha value is -0.157. The average molecular weight is 291 g/mol. The first kappa shape index (κ1) is 13.9. The Morgan fingerprint density at radius 1 is 0.812 bits per heavy atom. The quantitative estimate of drug-likeness (QED) is 0.752. The summed E-state index contributed by atoms with van der Waals surface area (Å²) >= 11 is 0. The van der Waals surface area contributed by atoms with E-state index in [1.807, 2.05) is 0 Å². The molecule has 1 aromatic rings. The molecule has 1 heteroatoms. The Kier molecular flexibility index (Phi) is 4.74. The molecule has 1 aromatic carbocycles. The van der Waals surface area contributed by atoms with Crippen LogP contribution in [0, 0.1) is 6.42 Å². The van der Waals surface area contributed by atoms with Crippen molar-refractivity contribution in [3.8, 4) is 0 Å². The molecule has 0 N–H and O–H groups in total. The van der Waals surface area contributed by atoms with Crippen LogP contribution < -0.4 is 0 Å². The van der Waals surface area contributed by atoms with Gasteiger partial charge in [0.05, 0.1) is 0 Å². The van der Waals surface area contributed by atoms with Crippen molar-refractivity contribution in [3.05, 3.63) is 46.9 Å². The van der Waals surface area contributed by atoms with Crippen molar-refractivity contribution in [3.63, 3.8) is 0 Å². The fourth-order valence-electron chi connectivity index (χ4n) is 2.29. The molecule has 0 atom stereocenters. The molecule has 2 rings (SSSR count). The van der Waals surface area contributed by atoms with Crippen molar-refractivity contribution in [2.24, 2.45) is 0 Å². The standard InChI is InChI=1S/C15H19.Zr/c1-10(2)12-8-9-13(11(3)4)15-7-5-6-14(12)15;/h5-11H,1-4H3;. The van der Waals surface area contributed by atoms with Crippen LogP contribution in [-0.4, -0.2) is 0 Å². The third-order valence-corrected chi connectivity index (χ3v) is 3.12. The number of fused-ring (bicyclic) bond motifs is 1. The Morgan fingerprint density at radius 3 is 1.81 bits per heavy atom. The largest absolute Gasteiger partial charge is 0.0754 e. The summed E-state index contributed by atoms with van der Waals surface area (Å²) in [6.45, 7) is 9.04. The topological polar surface area (TPSA) is 0 Å². The Bertz CT molecular complexity index is 400. The first-order valence-electron chi connectivity index (χ1n) is 5.79. The Labute approximate surface area is 118 Å². The van der Waals surface area contributed by atoms with Gasteiger partial charge in [-0.05, 0) is 34.1 Å². The van der Waals surface area contributed by atoms with E-state index in [1.54, 1.807) is 0 Å². The molecule has 0 heterocycles. The van der Waals surface area contributed by atoms with Crippen LogP contribution in [0.1, 0.15) is 61.8 Å². The van der Waals surface area contributed by atoms with E-state index < -0.39 is 0 Å². The van der Waals surface area contributed by atoms with Gasteiger partial charge in [0.25, 0.3) is 0 Å². The van der Waals surface area contributed by atoms with Crippen molar-refractivity contribution < 1.29 is 26.2 Å². The van der Waals surface area contributed by atoms with Crippen LogP contribution in [0.25, 0.3) is 6.08 Å². The zero-order valence-corrected chi connectivity index (χ0v) is 13.0. The zero-order valence-electron chi connectivity index (χ0n) is 10.5. The number of allylic oxidation sites excluding steroid dienone is 1. The van der Waals surface area contributed by atoms with Gasteiger partial charge in [0.15, 0.2) is 0 Å². The first-order chi connectivity index (χ1) is 7.11. The molecule has 0 saturated carbocycles. The second-order valence-corrected chi connectivity index (χ2v) is 4.91. The molecule has 1 aliphatic rings. The van der Waals surface area contributed by atoms with Crippen LogP contribution in [0.4, 0.5) is 0 Å². The smallest absolute Gasteiger partial charge is 0.0134 e. The molecule has 0 fully saturated rings. The zero-order chi connectivity index (χ0) is 11.0. The van der Waals surface area contributed by atoms with E-state index in [1.165, 1.54) is 22.3 Å². The SMILES string of the molecule is CC(C)c1ccc(C(C)C)c2c1[CH]C=C2.[Zr]. The molecule has 0 nitrogen and oxygen atoms in total. The minimum atomic E-state index is 0. The second-order valence-electron chi connectivity index (χ2n) is 4.91. The summed E-state index contributed by atoms with van der Waals surface area (Å²) in [5.41, 5.74) is 5.83. The van der Waals surface area contributed by atoms with Gasteiger partial charge in [0.2, 0.25) is 0 Å². The van der Waals surface area contributed by atoms with E-state index in [2.05, 4.69) is 58.4 Å². The van der Waals surface area contributed by atoms with Crippen molar-refractivity contribution in [2.45, 2.75) is 39.5 Å². The van der Waals surface area contributed by atoms with E-state index in [4.69, 9.17) is 0 Å². The van der Waals surface area contributed by atoms with Gasteiger partial charge in [-0.1, -0.05) is 52.0 Å². The normalized spacial score (nSPS) is 13.1. The van der Waals surface area contributed by atoms with Gasteiger partial charge < -0.3 is 0 Å². The monoisotopic (exact) mass is 289 g/mol. The van der Waals surface area contributed by atoms with Gasteiger partial charge in [0, 0.05) is 32.6 Å². The number of hydrogen-bond donors (Lipinski definition) is 0. The van der Waals surface area contributed by atoms with Gasteiger partial charge in [-0.15, -0.1) is 0 Å². The predicted octanol–water partition coefficient (Wildman–Crippen LogP) is 4.51. The predicted molar refractivity (Wildman–Crippen MR) is 67.1 cm³/mol. The summed E-state index contributed by atoms with van der Waals surface area (Å²) in [7, 11) is 0. The molecule has 16 heavy (non-hydrogen) atoms. The van der Waals surface area contributed by atoms with Gasteiger partial charge in [-0.25, -0.2) is 0 Å². The van der Waals surface area contributed by atoms with Gasteiger partial charge >= 0.3 is 0 Å². The average Bonchev–Trinajstić information content (AvgIpc) is 2.63. The number of hydrogen-bond acceptors (Lipinski definition) is 0. The molecule has 0 aromatic heterocycles. The number of rotatable bonds is 2. The molecule has 1 aliphatic carbocycles. The van der Waals surface area contributed by atoms with Crippen LogP contribution in [0.3, 0.4) is 0 Å². The molecule has 0 spiro atoms. The van der Waals surface area contributed by atoms with Crippen LogP contribution in [0.15, 0.2) is 18.2 Å². The second kappa shape index (κ2) is 5.45. The van der Waals surface area contributed by atoms with E-state index in [-0.39, 0.29) is 26.2 Å². The molecule has 0 bridgehead atoms. The summed E-state index contributed by atoms with van der Waals surface area (Å²) in [5.74, 6) is 1.22. The maximum Gasteiger partial charge on any atom is 0.0134 e. The first-order valence-corrected chi connectivity index (χ1v) is 5.79. The van der Waals surface area contributed by atoms with Crippen LogP contribution in [0.5, 0.6) is 0 Å². The summed E-state index contributed by atoms with van der Waals surface area (Å²) in [4.78, 5) is 0. The van der Waals surface area contributed by atoms with Crippen molar-refractivity contribution >= 4 is 6.08 Å². The molecular formula is C15H19Zr. The fourth-order valence-corrected chi connectivity index (χ4v) is 2.29. The molecular weight excluding hydrogens is 271 g/mol. The van der Waals surface area contributed by atoms with Crippen LogP contribution >= 0.6 is 0 Å². The fraction of sp³-hybridized carbons (Fsp3) is 0.400. The molecule has 1 radical (unpaired) electrons. The third-order valence-electron chi connectivity index (χ3n) is 3.12. The van der Waals surface area contributed by atoms with E-state index in [9.17, 15) is 0 Å². The van der Waals surface area contributed by atoms with Crippen molar-refractivity contribution in [1.82, 2.24) is 0 Å². The molecule has 0 saturated heterocycles. The third kappa shape index (κ3) is 2.40. The molecule has 83 valence electrons. The summed E-state index contributed by atoms with van der Waals surface area (Å²) in [6.07, 6.45) is 6.66. The molecule has 0 amide bonds. The van der Waals surface area contributed by atoms with E-state index in [0.29, 0.717) is 11.8 Å². The molecule has 0 aliphatic heterocycles. The van der Waals surface area contributed by atoms with Gasteiger partial charge in [-0.2, -0.15) is 0 Å². The van der Waals surface area contributed by atoms with Crippen molar-refractivity contribution in [2.75, 3.05) is 0 Å². The van der Waals surface area contributed by atoms with E-state index in [0.717, 1.165) is 0 Å². The maximum absolute atomic E-state index is 2.29. The van der Waals surface area contributed by atoms with E-state index >= 15 is 0 Å². The minimum Gasteiger partial charge on any atom is -0.0754 e. The van der Waals surface area contributed by atoms with Crippen molar-refractivity contribution in [1.29, 1.82) is 0 Å². The van der Waals surface area contributed by atoms with Gasteiger partial charge in [0.1, 0.15) is 0 Å². The Morgan fingerprint density at radius 2 is 1.31 bits per heavy atom. The minimum absolute atomic E-state index is 0. The van der Waals surface area contributed by atoms with Crippen LogP contribution in [-0.2, 0) is 26.2 Å². The maximum atomic E-state index is 2.29. The number of benzene rings is 1. The summed E-state index contributed by atoms with van der Waals surface area (Å²) < 4.78 is 0.